The number of rotatable bonds is 2. The molecule has 3 fully saturated rings. The second-order valence-corrected chi connectivity index (χ2v) is 15.7. The van der Waals surface area contributed by atoms with Crippen molar-refractivity contribution in [2.75, 3.05) is 12.3 Å². The van der Waals surface area contributed by atoms with Gasteiger partial charge in [0.25, 0.3) is 0 Å². The van der Waals surface area contributed by atoms with E-state index >= 15 is 0 Å². The van der Waals surface area contributed by atoms with Crippen LogP contribution >= 0.6 is 17.2 Å². The van der Waals surface area contributed by atoms with Gasteiger partial charge in [-0.3, -0.25) is 0 Å². The molecule has 3 aliphatic rings. The third kappa shape index (κ3) is 2.62. The zero-order chi connectivity index (χ0) is 13.2. The van der Waals surface area contributed by atoms with Crippen LogP contribution in [0, 0.1) is 0 Å². The first-order valence-corrected chi connectivity index (χ1v) is 12.6. The van der Waals surface area contributed by atoms with Gasteiger partial charge in [0.05, 0.1) is 0 Å². The third-order valence-corrected chi connectivity index (χ3v) is 16.5. The summed E-state index contributed by atoms with van der Waals surface area (Å²) in [6.45, 7) is 0. The van der Waals surface area contributed by atoms with E-state index in [1.54, 1.807) is 0 Å². The van der Waals surface area contributed by atoms with Crippen molar-refractivity contribution in [3.8, 4) is 0 Å². The molecule has 0 bridgehead atoms. The monoisotopic (exact) mass is 302 g/mol. The number of hydrogen-bond donors (Lipinski definition) is 0. The van der Waals surface area contributed by atoms with Crippen molar-refractivity contribution in [2.24, 2.45) is 0 Å². The fourth-order valence-electron chi connectivity index (χ4n) is 5.63. The first-order valence-electron chi connectivity index (χ1n) is 8.95. The Labute approximate surface area is 124 Å². The van der Waals surface area contributed by atoms with Crippen LogP contribution in [0.5, 0.6) is 0 Å². The van der Waals surface area contributed by atoms with Crippen molar-refractivity contribution in [1.29, 1.82) is 0 Å². The summed E-state index contributed by atoms with van der Waals surface area (Å²) in [7, 11) is 0. The molecule has 1 heterocycles. The average Bonchev–Trinajstić information content (AvgIpc) is 2.50. The van der Waals surface area contributed by atoms with E-state index in [1.165, 1.54) is 95.8 Å². The topological polar surface area (TPSA) is 0 Å². The molecular weight excluding hydrogens is 271 g/mol. The van der Waals surface area contributed by atoms with Gasteiger partial charge in [-0.2, -0.15) is 0 Å². The molecule has 0 amide bonds. The summed E-state index contributed by atoms with van der Waals surface area (Å²) in [5, 5.41) is 0. The molecule has 2 saturated carbocycles. The van der Waals surface area contributed by atoms with Gasteiger partial charge in [0.1, 0.15) is 0 Å². The molecule has 0 N–H and O–H groups in total. The predicted octanol–water partition coefficient (Wildman–Crippen LogP) is 6.54. The Kier molecular flexibility index (Phi) is 4.50. The molecule has 2 aliphatic carbocycles. The first-order chi connectivity index (χ1) is 9.23. The third-order valence-electron chi connectivity index (χ3n) is 6.70. The molecule has 2 heteroatoms. The minimum absolute atomic E-state index is 0.963. The summed E-state index contributed by atoms with van der Waals surface area (Å²) in [4.78, 5) is 0. The summed E-state index contributed by atoms with van der Waals surface area (Å²) < 4.78 is 0. The van der Waals surface area contributed by atoms with Crippen molar-refractivity contribution in [1.82, 2.24) is 0 Å². The molecule has 112 valence electrons. The van der Waals surface area contributed by atoms with Crippen molar-refractivity contribution < 1.29 is 0 Å². The van der Waals surface area contributed by atoms with Crippen LogP contribution < -0.4 is 0 Å². The maximum atomic E-state index is 7.82. The molecule has 0 aromatic carbocycles. The van der Waals surface area contributed by atoms with Crippen LogP contribution in [0.25, 0.3) is 0 Å². The number of hydrogen-bond acceptors (Lipinski definition) is 0. The normalized spacial score (nSPS) is 35.3. The van der Waals surface area contributed by atoms with Gasteiger partial charge in [0, 0.05) is 0 Å². The Morgan fingerprint density at radius 1 is 0.526 bits per heavy atom. The van der Waals surface area contributed by atoms with E-state index in [1.807, 2.05) is 0 Å². The Balaban J connectivity index is 1.88. The molecular formula is C17H32ClP. The Hall–Kier alpha value is 0.720. The molecule has 0 radical (unpaired) electrons. The summed E-state index contributed by atoms with van der Waals surface area (Å²) in [6.07, 6.45) is 22.1. The van der Waals surface area contributed by atoms with Crippen LogP contribution in [0.1, 0.15) is 83.5 Å². The summed E-state index contributed by atoms with van der Waals surface area (Å²) in [5.41, 5.74) is 1.93. The Morgan fingerprint density at radius 2 is 0.895 bits per heavy atom. The fraction of sp³-hybridized carbons (Fsp3) is 1.00. The van der Waals surface area contributed by atoms with Crippen LogP contribution in [-0.4, -0.2) is 23.6 Å². The van der Waals surface area contributed by atoms with Gasteiger partial charge in [-0.25, -0.2) is 0 Å². The molecule has 19 heavy (non-hydrogen) atoms. The maximum absolute atomic E-state index is 7.82. The van der Waals surface area contributed by atoms with Gasteiger partial charge < -0.3 is 0 Å². The second-order valence-electron chi connectivity index (χ2n) is 7.63. The molecule has 3 rings (SSSR count). The van der Waals surface area contributed by atoms with Crippen LogP contribution in [0.4, 0.5) is 0 Å². The van der Waals surface area contributed by atoms with Crippen molar-refractivity contribution >= 4 is 17.2 Å². The van der Waals surface area contributed by atoms with Crippen molar-refractivity contribution in [2.45, 2.75) is 94.8 Å². The van der Waals surface area contributed by atoms with E-state index in [0.29, 0.717) is 0 Å². The predicted molar refractivity (Wildman–Crippen MR) is 90.1 cm³/mol. The van der Waals surface area contributed by atoms with Crippen LogP contribution in [-0.2, 0) is 0 Å². The van der Waals surface area contributed by atoms with E-state index in [2.05, 4.69) is 0 Å². The van der Waals surface area contributed by atoms with Gasteiger partial charge in [-0.15, -0.1) is 0 Å². The van der Waals surface area contributed by atoms with Gasteiger partial charge >= 0.3 is 124 Å². The number of halogens is 1. The molecule has 1 saturated heterocycles. The summed E-state index contributed by atoms with van der Waals surface area (Å²) in [6, 6.07) is 0. The molecule has 0 atom stereocenters. The zero-order valence-corrected chi connectivity index (χ0v) is 14.2. The van der Waals surface area contributed by atoms with E-state index < -0.39 is 5.96 Å². The van der Waals surface area contributed by atoms with Crippen molar-refractivity contribution in [3.63, 3.8) is 0 Å². The van der Waals surface area contributed by atoms with Gasteiger partial charge in [-0.1, -0.05) is 0 Å². The fourth-order valence-corrected chi connectivity index (χ4v) is 14.8. The van der Waals surface area contributed by atoms with Crippen LogP contribution in [0.3, 0.4) is 0 Å². The summed E-state index contributed by atoms with van der Waals surface area (Å²) in [5.74, 6) is -1.90. The average molecular weight is 303 g/mol. The zero-order valence-electron chi connectivity index (χ0n) is 12.6. The van der Waals surface area contributed by atoms with E-state index in [-0.39, 0.29) is 0 Å². The van der Waals surface area contributed by atoms with Crippen LogP contribution in [0.15, 0.2) is 0 Å². The van der Waals surface area contributed by atoms with Gasteiger partial charge in [0.15, 0.2) is 0 Å². The standard InChI is InChI=1S/C17H32ClP/c18-19(14-8-3-9-15-19,16-10-4-1-5-11-16)17-12-6-2-7-13-17/h16-17H,1-15H2. The molecule has 0 spiro atoms. The van der Waals surface area contributed by atoms with Crippen molar-refractivity contribution in [3.05, 3.63) is 0 Å². The second kappa shape index (κ2) is 5.84. The summed E-state index contributed by atoms with van der Waals surface area (Å²) >= 11 is 7.82. The Bertz CT molecular complexity index is 274. The molecule has 0 aromatic heterocycles. The molecule has 0 aromatic rings. The first kappa shape index (κ1) is 14.6. The van der Waals surface area contributed by atoms with Gasteiger partial charge in [0.2, 0.25) is 0 Å². The quantitative estimate of drug-likeness (QED) is 0.508. The van der Waals surface area contributed by atoms with E-state index in [0.717, 1.165) is 11.3 Å². The SMILES string of the molecule is ClP1(C2CCCCC2)(C2CCCCC2)CCCCC1. The van der Waals surface area contributed by atoms with Gasteiger partial charge in [-0.05, 0) is 0 Å². The Morgan fingerprint density at radius 3 is 1.32 bits per heavy atom. The van der Waals surface area contributed by atoms with E-state index in [4.69, 9.17) is 11.2 Å². The minimum atomic E-state index is -1.90. The van der Waals surface area contributed by atoms with E-state index in [9.17, 15) is 0 Å². The van der Waals surface area contributed by atoms with Crippen LogP contribution in [0.2, 0.25) is 0 Å². The molecule has 0 nitrogen and oxygen atoms in total. The molecule has 1 aliphatic heterocycles. The molecule has 0 unspecified atom stereocenters.